The van der Waals surface area contributed by atoms with E-state index < -0.39 is 0 Å². The zero-order valence-corrected chi connectivity index (χ0v) is 10.9. The molecule has 88 valence electrons. The Bertz CT molecular complexity index is 758. The largest absolute Gasteiger partial charge is 0.299 e. The smallest absolute Gasteiger partial charge is 0.123 e. The summed E-state index contributed by atoms with van der Waals surface area (Å²) in [6, 6.07) is 13.0. The van der Waals surface area contributed by atoms with Crippen molar-refractivity contribution in [2.45, 2.75) is 17.6 Å². The maximum Gasteiger partial charge on any atom is 0.123 e. The van der Waals surface area contributed by atoms with Gasteiger partial charge in [0.05, 0.1) is 11.4 Å². The maximum atomic E-state index is 4.48. The molecule has 1 aliphatic rings. The van der Waals surface area contributed by atoms with Gasteiger partial charge >= 0.3 is 0 Å². The van der Waals surface area contributed by atoms with Gasteiger partial charge in [0.1, 0.15) is 5.82 Å². The van der Waals surface area contributed by atoms with Gasteiger partial charge in [-0.15, -0.1) is 11.8 Å². The van der Waals surface area contributed by atoms with Crippen molar-refractivity contribution in [2.24, 2.45) is 0 Å². The van der Waals surface area contributed by atoms with Crippen molar-refractivity contribution in [3.8, 4) is 5.69 Å². The molecule has 1 aliphatic heterocycles. The second-order valence-corrected chi connectivity index (χ2v) is 5.56. The number of rotatable bonds is 0. The number of imidazole rings is 1. The molecule has 0 N–H and O–H groups in total. The third-order valence-corrected chi connectivity index (χ3v) is 4.58. The lowest BCUT2D eigenvalue weighted by Crippen LogP contribution is -2.08. The number of hydrogen-bond donors (Lipinski definition) is 0. The standard InChI is InChI=1S/C15H12N2S/c1-10-8-16-14-9-18-15-12-5-3-2-4-11(12)6-7-13(15)17(10)14/h2-8H,9H2,1H3. The van der Waals surface area contributed by atoms with Gasteiger partial charge in [0.2, 0.25) is 0 Å². The summed E-state index contributed by atoms with van der Waals surface area (Å²) in [5.74, 6) is 2.11. The molecule has 0 saturated carbocycles. The minimum Gasteiger partial charge on any atom is -0.299 e. The Kier molecular flexibility index (Phi) is 2.06. The average Bonchev–Trinajstić information content (AvgIpc) is 2.80. The van der Waals surface area contributed by atoms with Crippen molar-refractivity contribution >= 4 is 22.5 Å². The Morgan fingerprint density at radius 3 is 3.00 bits per heavy atom. The molecule has 18 heavy (non-hydrogen) atoms. The average molecular weight is 252 g/mol. The number of thioether (sulfide) groups is 1. The first-order valence-corrected chi connectivity index (χ1v) is 7.01. The fourth-order valence-electron chi connectivity index (χ4n) is 2.61. The summed E-state index contributed by atoms with van der Waals surface area (Å²) in [5, 5.41) is 2.66. The number of benzene rings is 2. The van der Waals surface area contributed by atoms with Gasteiger partial charge in [0.25, 0.3) is 0 Å². The fourth-order valence-corrected chi connectivity index (χ4v) is 3.74. The topological polar surface area (TPSA) is 17.8 Å². The van der Waals surface area contributed by atoms with Crippen LogP contribution < -0.4 is 0 Å². The number of hydrogen-bond acceptors (Lipinski definition) is 2. The zero-order chi connectivity index (χ0) is 12.1. The Hall–Kier alpha value is -1.74. The molecule has 3 heteroatoms. The molecule has 2 aromatic carbocycles. The third-order valence-electron chi connectivity index (χ3n) is 3.46. The van der Waals surface area contributed by atoms with Crippen LogP contribution in [0, 0.1) is 6.92 Å². The van der Waals surface area contributed by atoms with E-state index in [9.17, 15) is 0 Å². The van der Waals surface area contributed by atoms with Crippen LogP contribution in [-0.4, -0.2) is 9.55 Å². The van der Waals surface area contributed by atoms with Gasteiger partial charge in [-0.05, 0) is 23.8 Å². The summed E-state index contributed by atoms with van der Waals surface area (Å²) in [7, 11) is 0. The molecule has 3 aromatic rings. The van der Waals surface area contributed by atoms with E-state index in [0.717, 1.165) is 11.6 Å². The van der Waals surface area contributed by atoms with Crippen molar-refractivity contribution < 1.29 is 0 Å². The number of nitrogens with zero attached hydrogens (tertiary/aromatic N) is 2. The molecule has 2 nitrogen and oxygen atoms in total. The molecule has 0 spiro atoms. The van der Waals surface area contributed by atoms with Gasteiger partial charge in [-0.2, -0.15) is 0 Å². The number of aromatic nitrogens is 2. The number of fused-ring (bicyclic) bond motifs is 5. The van der Waals surface area contributed by atoms with Crippen LogP contribution in [-0.2, 0) is 5.75 Å². The van der Waals surface area contributed by atoms with Crippen molar-refractivity contribution in [1.29, 1.82) is 0 Å². The molecule has 0 aliphatic carbocycles. The summed E-state index contributed by atoms with van der Waals surface area (Å²) >= 11 is 1.89. The SMILES string of the molecule is Cc1cnc2n1-c1ccc3ccccc3c1SC2. The van der Waals surface area contributed by atoms with Crippen LogP contribution >= 0.6 is 11.8 Å². The van der Waals surface area contributed by atoms with Crippen molar-refractivity contribution in [3.05, 3.63) is 54.1 Å². The Labute approximate surface area is 110 Å². The zero-order valence-electron chi connectivity index (χ0n) is 10.1. The van der Waals surface area contributed by atoms with Crippen LogP contribution in [0.25, 0.3) is 16.5 Å². The Balaban J connectivity index is 2.11. The molecule has 1 aromatic heterocycles. The van der Waals surface area contributed by atoms with Crippen LogP contribution in [0.4, 0.5) is 0 Å². The van der Waals surface area contributed by atoms with Crippen LogP contribution in [0.15, 0.2) is 47.5 Å². The predicted molar refractivity (Wildman–Crippen MR) is 75.4 cm³/mol. The van der Waals surface area contributed by atoms with Gasteiger partial charge in [-0.3, -0.25) is 4.57 Å². The molecule has 0 fully saturated rings. The predicted octanol–water partition coefficient (Wildman–Crippen LogP) is 3.94. The molecule has 4 rings (SSSR count). The highest BCUT2D eigenvalue weighted by Crippen LogP contribution is 2.40. The molecule has 2 heterocycles. The highest BCUT2D eigenvalue weighted by atomic mass is 32.2. The van der Waals surface area contributed by atoms with Gasteiger partial charge < -0.3 is 0 Å². The normalized spacial score (nSPS) is 13.4. The lowest BCUT2D eigenvalue weighted by atomic mass is 10.1. The van der Waals surface area contributed by atoms with Crippen LogP contribution in [0.1, 0.15) is 11.5 Å². The Morgan fingerprint density at radius 1 is 1.17 bits per heavy atom. The molecule has 0 amide bonds. The maximum absolute atomic E-state index is 4.48. The first-order valence-electron chi connectivity index (χ1n) is 6.03. The second-order valence-electron chi connectivity index (χ2n) is 4.57. The van der Waals surface area contributed by atoms with Crippen LogP contribution in [0.5, 0.6) is 0 Å². The molecule has 0 saturated heterocycles. The second kappa shape index (κ2) is 3.62. The van der Waals surface area contributed by atoms with E-state index in [1.165, 1.54) is 27.0 Å². The van der Waals surface area contributed by atoms with E-state index in [-0.39, 0.29) is 0 Å². The number of aryl methyl sites for hydroxylation is 1. The minimum atomic E-state index is 0.953. The lowest BCUT2D eigenvalue weighted by molar-refractivity contribution is 0.900. The summed E-state index contributed by atoms with van der Waals surface area (Å²) in [5.41, 5.74) is 2.48. The van der Waals surface area contributed by atoms with E-state index in [0.29, 0.717) is 0 Å². The molecule has 0 radical (unpaired) electrons. The van der Waals surface area contributed by atoms with Gasteiger partial charge in [-0.25, -0.2) is 4.98 Å². The van der Waals surface area contributed by atoms with E-state index in [1.807, 2.05) is 18.0 Å². The summed E-state index contributed by atoms with van der Waals surface area (Å²) in [4.78, 5) is 5.85. The van der Waals surface area contributed by atoms with Crippen molar-refractivity contribution in [1.82, 2.24) is 9.55 Å². The third kappa shape index (κ3) is 1.28. The molecule has 0 unspecified atom stereocenters. The first-order chi connectivity index (χ1) is 8.84. The van der Waals surface area contributed by atoms with E-state index in [4.69, 9.17) is 0 Å². The van der Waals surface area contributed by atoms with Crippen molar-refractivity contribution in [2.75, 3.05) is 0 Å². The monoisotopic (exact) mass is 252 g/mol. The van der Waals surface area contributed by atoms with Crippen LogP contribution in [0.2, 0.25) is 0 Å². The van der Waals surface area contributed by atoms with Gasteiger partial charge in [0, 0.05) is 16.8 Å². The molecule has 0 atom stereocenters. The molecular formula is C15H12N2S. The highest BCUT2D eigenvalue weighted by Gasteiger charge is 2.20. The summed E-state index contributed by atoms with van der Waals surface area (Å²) in [6.45, 7) is 2.12. The minimum absolute atomic E-state index is 0.953. The lowest BCUT2D eigenvalue weighted by Gasteiger charge is -2.21. The van der Waals surface area contributed by atoms with E-state index in [1.54, 1.807) is 0 Å². The van der Waals surface area contributed by atoms with Crippen molar-refractivity contribution in [3.63, 3.8) is 0 Å². The van der Waals surface area contributed by atoms with Crippen LogP contribution in [0.3, 0.4) is 0 Å². The Morgan fingerprint density at radius 2 is 2.06 bits per heavy atom. The fraction of sp³-hybridized carbons (Fsp3) is 0.133. The quantitative estimate of drug-likeness (QED) is 0.603. The van der Waals surface area contributed by atoms with Gasteiger partial charge in [-0.1, -0.05) is 30.3 Å². The van der Waals surface area contributed by atoms with E-state index >= 15 is 0 Å². The first kappa shape index (κ1) is 10.2. The molecular weight excluding hydrogens is 240 g/mol. The summed E-state index contributed by atoms with van der Waals surface area (Å²) in [6.07, 6.45) is 1.96. The highest BCUT2D eigenvalue weighted by molar-refractivity contribution is 7.99. The summed E-state index contributed by atoms with van der Waals surface area (Å²) < 4.78 is 2.28. The molecule has 0 bridgehead atoms. The van der Waals surface area contributed by atoms with Gasteiger partial charge in [0.15, 0.2) is 0 Å². The van der Waals surface area contributed by atoms with E-state index in [2.05, 4.69) is 52.9 Å².